The van der Waals surface area contributed by atoms with Crippen LogP contribution in [0.25, 0.3) is 0 Å². The lowest BCUT2D eigenvalue weighted by molar-refractivity contribution is 0.560. The second-order valence-electron chi connectivity index (χ2n) is 7.70. The zero-order valence-corrected chi connectivity index (χ0v) is 16.0. The van der Waals surface area contributed by atoms with Crippen LogP contribution in [0.4, 0.5) is 0 Å². The number of hydrogen-bond donors (Lipinski definition) is 0. The molecule has 3 heteroatoms. The summed E-state index contributed by atoms with van der Waals surface area (Å²) in [6, 6.07) is 21.8. The van der Waals surface area contributed by atoms with Gasteiger partial charge in [0.05, 0.1) is 0 Å². The summed E-state index contributed by atoms with van der Waals surface area (Å²) in [5.74, 6) is 1.40. The first-order chi connectivity index (χ1) is 12.9. The highest BCUT2D eigenvalue weighted by Gasteiger charge is 2.20. The predicted molar refractivity (Wildman–Crippen MR) is 114 cm³/mol. The number of rotatable bonds is 3. The minimum Gasteiger partial charge on any atom is -0.412 e. The molecule has 0 aliphatic heterocycles. The highest BCUT2D eigenvalue weighted by atomic mass is 16.0. The number of nitrogens with zero attached hydrogens (tertiary/aromatic N) is 2. The van der Waals surface area contributed by atoms with Crippen molar-refractivity contribution in [3.05, 3.63) is 71.8 Å². The maximum atomic E-state index is 4.64. The molecule has 0 amide bonds. The van der Waals surface area contributed by atoms with Gasteiger partial charge in [-0.1, -0.05) is 60.7 Å². The molecular formula is C24H30N2O. The summed E-state index contributed by atoms with van der Waals surface area (Å²) in [5, 5.41) is 9.27. The van der Waals surface area contributed by atoms with E-state index in [-0.39, 0.29) is 5.48 Å². The van der Waals surface area contributed by atoms with E-state index in [4.69, 9.17) is 0 Å². The van der Waals surface area contributed by atoms with Gasteiger partial charge in [-0.2, -0.15) is 10.2 Å². The van der Waals surface area contributed by atoms with Gasteiger partial charge in [-0.05, 0) is 74.3 Å². The van der Waals surface area contributed by atoms with Crippen LogP contribution in [0.15, 0.2) is 70.9 Å². The zero-order chi connectivity index (χ0) is 17.6. The topological polar surface area (TPSA) is 56.2 Å². The van der Waals surface area contributed by atoms with Gasteiger partial charge in [-0.15, -0.1) is 0 Å². The molecule has 0 heterocycles. The molecule has 0 spiro atoms. The van der Waals surface area contributed by atoms with E-state index in [1.807, 2.05) is 0 Å². The molecule has 2 saturated carbocycles. The van der Waals surface area contributed by atoms with E-state index in [1.54, 1.807) is 0 Å². The van der Waals surface area contributed by atoms with Crippen LogP contribution in [-0.2, 0) is 0 Å². The minimum absolute atomic E-state index is 0. The lowest BCUT2D eigenvalue weighted by atomic mass is 9.83. The Morgan fingerprint density at radius 2 is 0.852 bits per heavy atom. The van der Waals surface area contributed by atoms with Crippen LogP contribution in [-0.4, -0.2) is 16.9 Å². The third-order valence-electron chi connectivity index (χ3n) is 6.00. The Bertz CT molecular complexity index is 680. The van der Waals surface area contributed by atoms with E-state index in [0.29, 0.717) is 11.8 Å². The van der Waals surface area contributed by atoms with Gasteiger partial charge in [0.2, 0.25) is 0 Å². The molecule has 2 aliphatic rings. The molecule has 2 fully saturated rings. The van der Waals surface area contributed by atoms with Crippen molar-refractivity contribution in [1.82, 2.24) is 0 Å². The largest absolute Gasteiger partial charge is 0.412 e. The molecule has 2 aromatic carbocycles. The first-order valence-electron chi connectivity index (χ1n) is 10.1. The molecule has 2 aromatic rings. The molecule has 0 atom stereocenters. The molecule has 142 valence electrons. The quantitative estimate of drug-likeness (QED) is 0.631. The predicted octanol–water partition coefficient (Wildman–Crippen LogP) is 5.67. The van der Waals surface area contributed by atoms with Crippen LogP contribution in [0.1, 0.15) is 74.3 Å². The van der Waals surface area contributed by atoms with E-state index in [1.165, 1.54) is 48.2 Å². The smallest absolute Gasteiger partial charge is 0.0406 e. The Kier molecular flexibility index (Phi) is 6.94. The van der Waals surface area contributed by atoms with Crippen molar-refractivity contribution >= 4 is 11.4 Å². The van der Waals surface area contributed by atoms with Gasteiger partial charge in [-0.3, -0.25) is 0 Å². The molecule has 0 unspecified atom stereocenters. The van der Waals surface area contributed by atoms with E-state index in [9.17, 15) is 0 Å². The minimum atomic E-state index is 0. The normalized spacial score (nSPS) is 22.7. The van der Waals surface area contributed by atoms with Crippen LogP contribution < -0.4 is 0 Å². The summed E-state index contributed by atoms with van der Waals surface area (Å²) in [5.41, 5.74) is 5.57. The van der Waals surface area contributed by atoms with Crippen LogP contribution in [0.5, 0.6) is 0 Å². The van der Waals surface area contributed by atoms with Crippen LogP contribution in [0.2, 0.25) is 0 Å². The maximum Gasteiger partial charge on any atom is 0.0406 e. The van der Waals surface area contributed by atoms with Crippen LogP contribution in [0.3, 0.4) is 0 Å². The summed E-state index contributed by atoms with van der Waals surface area (Å²) in [7, 11) is 0. The van der Waals surface area contributed by atoms with Crippen molar-refractivity contribution in [1.29, 1.82) is 0 Å². The Morgan fingerprint density at radius 1 is 0.519 bits per heavy atom. The Hall–Kier alpha value is -2.26. The summed E-state index contributed by atoms with van der Waals surface area (Å²) in [6.45, 7) is 0. The van der Waals surface area contributed by atoms with Gasteiger partial charge in [0.25, 0.3) is 0 Å². The van der Waals surface area contributed by atoms with Crippen molar-refractivity contribution in [2.24, 2.45) is 10.2 Å². The Morgan fingerprint density at radius 3 is 1.19 bits per heavy atom. The molecule has 4 rings (SSSR count). The maximum absolute atomic E-state index is 4.64. The Labute approximate surface area is 162 Å². The van der Waals surface area contributed by atoms with Crippen molar-refractivity contribution in [2.75, 3.05) is 0 Å². The summed E-state index contributed by atoms with van der Waals surface area (Å²) >= 11 is 0. The second kappa shape index (κ2) is 9.61. The standard InChI is InChI=1S/C24H28N2.H2O/c1-3-7-19(8-4-1)21-11-15-23(16-12-21)25-26-24-17-13-22(14-18-24)20-9-5-2-6-10-20;/h1-10,21-22H,11-18H2;1H2. The lowest BCUT2D eigenvalue weighted by Crippen LogP contribution is -2.14. The summed E-state index contributed by atoms with van der Waals surface area (Å²) in [4.78, 5) is 0. The van der Waals surface area contributed by atoms with Crippen molar-refractivity contribution in [3.63, 3.8) is 0 Å². The fourth-order valence-electron chi connectivity index (χ4n) is 4.36. The van der Waals surface area contributed by atoms with E-state index in [2.05, 4.69) is 70.9 Å². The molecule has 2 N–H and O–H groups in total. The van der Waals surface area contributed by atoms with E-state index < -0.39 is 0 Å². The first kappa shape index (κ1) is 19.5. The molecule has 3 nitrogen and oxygen atoms in total. The van der Waals surface area contributed by atoms with Gasteiger partial charge in [0, 0.05) is 11.4 Å². The fourth-order valence-corrected chi connectivity index (χ4v) is 4.36. The van der Waals surface area contributed by atoms with Gasteiger partial charge in [0.15, 0.2) is 0 Å². The summed E-state index contributed by atoms with van der Waals surface area (Å²) in [6.07, 6.45) is 9.25. The SMILES string of the molecule is O.c1ccc(C2CCC(=NN=C3CCC(c4ccccc4)CC3)CC2)cc1. The third-order valence-corrected chi connectivity index (χ3v) is 6.00. The third kappa shape index (κ3) is 5.14. The highest BCUT2D eigenvalue weighted by Crippen LogP contribution is 2.33. The van der Waals surface area contributed by atoms with Crippen molar-refractivity contribution < 1.29 is 5.48 Å². The first-order valence-corrected chi connectivity index (χ1v) is 10.1. The average Bonchev–Trinajstić information content (AvgIpc) is 2.74. The second-order valence-corrected chi connectivity index (χ2v) is 7.70. The van der Waals surface area contributed by atoms with E-state index in [0.717, 1.165) is 25.7 Å². The van der Waals surface area contributed by atoms with Crippen molar-refractivity contribution in [3.8, 4) is 0 Å². The van der Waals surface area contributed by atoms with E-state index >= 15 is 0 Å². The Balaban J connectivity index is 0.00000210. The van der Waals surface area contributed by atoms with Gasteiger partial charge in [-0.25, -0.2) is 0 Å². The highest BCUT2D eigenvalue weighted by molar-refractivity contribution is 5.88. The molecule has 0 saturated heterocycles. The molecular weight excluding hydrogens is 332 g/mol. The van der Waals surface area contributed by atoms with Crippen molar-refractivity contribution in [2.45, 2.75) is 63.2 Å². The molecule has 0 aromatic heterocycles. The average molecular weight is 363 g/mol. The number of hydrogen-bond acceptors (Lipinski definition) is 2. The molecule has 27 heavy (non-hydrogen) atoms. The van der Waals surface area contributed by atoms with Crippen LogP contribution >= 0.6 is 0 Å². The fraction of sp³-hybridized carbons (Fsp3) is 0.417. The van der Waals surface area contributed by atoms with Crippen LogP contribution in [0, 0.1) is 0 Å². The zero-order valence-electron chi connectivity index (χ0n) is 16.0. The molecule has 2 aliphatic carbocycles. The van der Waals surface area contributed by atoms with Gasteiger partial charge >= 0.3 is 0 Å². The lowest BCUT2D eigenvalue weighted by Gasteiger charge is -2.24. The number of benzene rings is 2. The molecule has 0 bridgehead atoms. The summed E-state index contributed by atoms with van der Waals surface area (Å²) < 4.78 is 0. The monoisotopic (exact) mass is 362 g/mol. The van der Waals surface area contributed by atoms with Gasteiger partial charge < -0.3 is 5.48 Å². The molecule has 0 radical (unpaired) electrons. The van der Waals surface area contributed by atoms with Gasteiger partial charge in [0.1, 0.15) is 0 Å².